The first-order valence-electron chi connectivity index (χ1n) is 6.88. The molecule has 0 bridgehead atoms. The van der Waals surface area contributed by atoms with E-state index in [0.717, 1.165) is 18.5 Å². The summed E-state index contributed by atoms with van der Waals surface area (Å²) in [7, 11) is -1.71. The molecule has 1 aliphatic rings. The summed E-state index contributed by atoms with van der Waals surface area (Å²) in [4.78, 5) is 4.18. The van der Waals surface area contributed by atoms with E-state index >= 15 is 0 Å². The molecule has 0 unspecified atom stereocenters. The number of rotatable bonds is 6. The van der Waals surface area contributed by atoms with E-state index in [4.69, 9.17) is 0 Å². The van der Waals surface area contributed by atoms with Crippen LogP contribution in [0, 0.1) is 0 Å². The molecule has 0 atom stereocenters. The molecule has 0 radical (unpaired) electrons. The van der Waals surface area contributed by atoms with Gasteiger partial charge in [0.15, 0.2) is 0 Å². The lowest BCUT2D eigenvalue weighted by atomic mass is 10.4. The molecule has 2 N–H and O–H groups in total. The number of sulfonamides is 1. The fourth-order valence-electron chi connectivity index (χ4n) is 2.29. The number of pyridine rings is 1. The van der Waals surface area contributed by atoms with Crippen LogP contribution in [0.1, 0.15) is 24.6 Å². The minimum atomic E-state index is -3.57. The van der Waals surface area contributed by atoms with Gasteiger partial charge >= 0.3 is 0 Å². The summed E-state index contributed by atoms with van der Waals surface area (Å²) >= 11 is 0. The van der Waals surface area contributed by atoms with Crippen LogP contribution in [0.25, 0.3) is 0 Å². The van der Waals surface area contributed by atoms with Crippen LogP contribution in [0.5, 0.6) is 0 Å². The van der Waals surface area contributed by atoms with Gasteiger partial charge in [0.2, 0.25) is 0 Å². The Morgan fingerprint density at radius 2 is 2.05 bits per heavy atom. The lowest BCUT2D eigenvalue weighted by molar-refractivity contribution is 0.600. The van der Waals surface area contributed by atoms with Crippen molar-refractivity contribution in [3.05, 3.63) is 42.5 Å². The van der Waals surface area contributed by atoms with Gasteiger partial charge in [0.05, 0.1) is 5.69 Å². The van der Waals surface area contributed by atoms with Crippen molar-refractivity contribution >= 4 is 15.7 Å². The molecule has 0 aromatic carbocycles. The molecule has 2 aromatic rings. The van der Waals surface area contributed by atoms with Crippen LogP contribution in [0.3, 0.4) is 0 Å². The van der Waals surface area contributed by atoms with Crippen LogP contribution in [-0.4, -0.2) is 25.0 Å². The molecule has 6 nitrogen and oxygen atoms in total. The van der Waals surface area contributed by atoms with Gasteiger partial charge in [-0.15, -0.1) is 0 Å². The molecule has 1 saturated carbocycles. The standard InChI is InChI=1S/C14H18N4O2S/c1-15-9-13-8-14(10-18(13)12-2-3-12)21(19,20)17-11-4-6-16-7-5-11/h4-8,10,12,15H,2-3,9H2,1H3,(H,16,17). The molecule has 1 aliphatic carbocycles. The van der Waals surface area contributed by atoms with Crippen molar-refractivity contribution in [3.8, 4) is 0 Å². The highest BCUT2D eigenvalue weighted by Gasteiger charge is 2.28. The zero-order valence-corrected chi connectivity index (χ0v) is 12.6. The minimum Gasteiger partial charge on any atom is -0.346 e. The van der Waals surface area contributed by atoms with Gasteiger partial charge in [0.1, 0.15) is 4.90 Å². The Labute approximate surface area is 124 Å². The number of nitrogens with zero attached hydrogens (tertiary/aromatic N) is 2. The molecule has 2 heterocycles. The second-order valence-corrected chi connectivity index (χ2v) is 6.86. The molecule has 21 heavy (non-hydrogen) atoms. The number of aromatic nitrogens is 2. The summed E-state index contributed by atoms with van der Waals surface area (Å²) in [5.41, 5.74) is 1.51. The largest absolute Gasteiger partial charge is 0.346 e. The Kier molecular flexibility index (Phi) is 3.69. The Hall–Kier alpha value is -1.86. The molecule has 3 rings (SSSR count). The average molecular weight is 306 g/mol. The van der Waals surface area contributed by atoms with Crippen LogP contribution >= 0.6 is 0 Å². The minimum absolute atomic E-state index is 0.302. The molecule has 0 saturated heterocycles. The van der Waals surface area contributed by atoms with Crippen molar-refractivity contribution in [3.63, 3.8) is 0 Å². The molecule has 1 fully saturated rings. The van der Waals surface area contributed by atoms with Gasteiger partial charge in [-0.25, -0.2) is 8.42 Å². The second kappa shape index (κ2) is 5.50. The predicted octanol–water partition coefficient (Wildman–Crippen LogP) is 1.74. The molecular formula is C14H18N4O2S. The normalized spacial score (nSPS) is 15.1. The van der Waals surface area contributed by atoms with Crippen molar-refractivity contribution < 1.29 is 8.42 Å². The molecule has 7 heteroatoms. The van der Waals surface area contributed by atoms with Crippen LogP contribution in [0.2, 0.25) is 0 Å². The highest BCUT2D eigenvalue weighted by Crippen LogP contribution is 2.37. The van der Waals surface area contributed by atoms with Crippen LogP contribution in [-0.2, 0) is 16.6 Å². The average Bonchev–Trinajstić information content (AvgIpc) is 3.21. The van der Waals surface area contributed by atoms with Crippen LogP contribution < -0.4 is 10.0 Å². The zero-order chi connectivity index (χ0) is 14.9. The van der Waals surface area contributed by atoms with Crippen molar-refractivity contribution in [1.82, 2.24) is 14.9 Å². The smallest absolute Gasteiger partial charge is 0.263 e. The molecule has 0 amide bonds. The fraction of sp³-hybridized carbons (Fsp3) is 0.357. The topological polar surface area (TPSA) is 76.0 Å². The van der Waals surface area contributed by atoms with Gasteiger partial charge in [0.25, 0.3) is 10.0 Å². The van der Waals surface area contributed by atoms with Crippen LogP contribution in [0.15, 0.2) is 41.7 Å². The summed E-state index contributed by atoms with van der Waals surface area (Å²) in [6.07, 6.45) is 7.07. The third-order valence-corrected chi connectivity index (χ3v) is 4.80. The first kappa shape index (κ1) is 14.1. The molecule has 2 aromatic heterocycles. The second-order valence-electron chi connectivity index (χ2n) is 5.18. The van der Waals surface area contributed by atoms with Crippen molar-refractivity contribution in [2.75, 3.05) is 11.8 Å². The molecule has 112 valence electrons. The SMILES string of the molecule is CNCc1cc(S(=O)(=O)Nc2ccncc2)cn1C1CC1. The van der Waals surface area contributed by atoms with E-state index in [9.17, 15) is 8.42 Å². The van der Waals surface area contributed by atoms with Gasteiger partial charge in [-0.3, -0.25) is 9.71 Å². The predicted molar refractivity (Wildman–Crippen MR) is 80.5 cm³/mol. The lowest BCUT2D eigenvalue weighted by Gasteiger charge is -2.06. The van der Waals surface area contributed by atoms with E-state index in [-0.39, 0.29) is 0 Å². The number of hydrogen-bond donors (Lipinski definition) is 2. The first-order chi connectivity index (χ1) is 10.1. The summed E-state index contributed by atoms with van der Waals surface area (Å²) in [5.74, 6) is 0. The maximum atomic E-state index is 12.4. The molecular weight excluding hydrogens is 288 g/mol. The number of nitrogens with one attached hydrogen (secondary N) is 2. The maximum Gasteiger partial charge on any atom is 0.263 e. The highest BCUT2D eigenvalue weighted by molar-refractivity contribution is 7.92. The molecule has 0 aliphatic heterocycles. The van der Waals surface area contributed by atoms with Gasteiger partial charge < -0.3 is 9.88 Å². The van der Waals surface area contributed by atoms with Gasteiger partial charge in [0, 0.05) is 36.9 Å². The zero-order valence-electron chi connectivity index (χ0n) is 11.8. The Morgan fingerprint density at radius 3 is 2.67 bits per heavy atom. The van der Waals surface area contributed by atoms with Crippen molar-refractivity contribution in [1.29, 1.82) is 0 Å². The maximum absolute atomic E-state index is 12.4. The monoisotopic (exact) mass is 306 g/mol. The summed E-state index contributed by atoms with van der Waals surface area (Å²) < 4.78 is 29.5. The van der Waals surface area contributed by atoms with E-state index in [1.807, 2.05) is 7.05 Å². The van der Waals surface area contributed by atoms with E-state index < -0.39 is 10.0 Å². The third-order valence-electron chi connectivity index (χ3n) is 3.45. The van der Waals surface area contributed by atoms with Gasteiger partial charge in [-0.2, -0.15) is 0 Å². The fourth-order valence-corrected chi connectivity index (χ4v) is 3.40. The summed E-state index contributed by atoms with van der Waals surface area (Å²) in [6.45, 7) is 0.654. The number of hydrogen-bond acceptors (Lipinski definition) is 4. The van der Waals surface area contributed by atoms with Crippen molar-refractivity contribution in [2.45, 2.75) is 30.3 Å². The summed E-state index contributed by atoms with van der Waals surface area (Å²) in [5, 5.41) is 3.08. The highest BCUT2D eigenvalue weighted by atomic mass is 32.2. The van der Waals surface area contributed by atoms with E-state index in [0.29, 0.717) is 23.2 Å². The van der Waals surface area contributed by atoms with E-state index in [2.05, 4.69) is 19.6 Å². The lowest BCUT2D eigenvalue weighted by Crippen LogP contribution is -2.12. The quantitative estimate of drug-likeness (QED) is 0.852. The Bertz CT molecular complexity index is 721. The Balaban J connectivity index is 1.90. The van der Waals surface area contributed by atoms with E-state index in [1.54, 1.807) is 36.8 Å². The first-order valence-corrected chi connectivity index (χ1v) is 8.36. The van der Waals surface area contributed by atoms with Gasteiger partial charge in [-0.05, 0) is 38.1 Å². The van der Waals surface area contributed by atoms with Gasteiger partial charge in [-0.1, -0.05) is 0 Å². The molecule has 0 spiro atoms. The van der Waals surface area contributed by atoms with Crippen molar-refractivity contribution in [2.24, 2.45) is 0 Å². The third kappa shape index (κ3) is 3.08. The Morgan fingerprint density at radius 1 is 1.33 bits per heavy atom. The number of anilines is 1. The van der Waals surface area contributed by atoms with Crippen LogP contribution in [0.4, 0.5) is 5.69 Å². The van der Waals surface area contributed by atoms with E-state index in [1.165, 1.54) is 0 Å². The summed E-state index contributed by atoms with van der Waals surface area (Å²) in [6, 6.07) is 5.44.